The second kappa shape index (κ2) is 14.5. The molecule has 1 fully saturated rings. The maximum Gasteiger partial charge on any atom is 0.338 e. The van der Waals surface area contributed by atoms with Crippen molar-refractivity contribution in [2.75, 3.05) is 0 Å². The molecule has 3 rings (SSSR count). The minimum atomic E-state index is -0.755. The zero-order valence-electron chi connectivity index (χ0n) is 28.4. The largest absolute Gasteiger partial charge is 0.507 e. The van der Waals surface area contributed by atoms with E-state index in [1.807, 2.05) is 92.6 Å². The van der Waals surface area contributed by atoms with Gasteiger partial charge < -0.3 is 25.8 Å². The van der Waals surface area contributed by atoms with Crippen molar-refractivity contribution >= 4 is 24.1 Å². The number of carbonyl (C=O) groups excluding carboxylic acids is 3. The summed E-state index contributed by atoms with van der Waals surface area (Å²) in [6.45, 7) is 17.4. The number of phenolic OH excluding ortho intramolecular Hbond substituents is 1. The van der Waals surface area contributed by atoms with Gasteiger partial charge in [0.2, 0.25) is 5.91 Å². The lowest BCUT2D eigenvalue weighted by Gasteiger charge is -2.33. The maximum absolute atomic E-state index is 13.3. The number of aliphatic imine (C=N–C) groups is 1. The van der Waals surface area contributed by atoms with E-state index in [0.717, 1.165) is 31.2 Å². The standard InChI is InChI=1S/C36H52N4O5/c1-34(2,3)26-20-24(32(43)45-36(7,8)9)19-25(29(26)41)22-37-27-17-13-14-18-28(27)39-33(44)40-30(35(4,5)6)31(42)38-21-23-15-11-10-12-16-23/h10-12,15-16,19-20,22,27-28,30,41H,13-14,17-18,21H2,1-9H3,(H,38,42)(H2,39,40,44)/t27-,28-,30-/m1/s1. The SMILES string of the molecule is CC(C)(C)OC(=O)c1cc(C=N[C@@H]2CCCC[C@H]2NC(=O)N[C@H](C(=O)NCc2ccccc2)C(C)(C)C)c(O)c(C(C)(C)C)c1. The Balaban J connectivity index is 1.78. The Kier molecular flexibility index (Phi) is 11.5. The summed E-state index contributed by atoms with van der Waals surface area (Å²) in [7, 11) is 0. The molecule has 2 aromatic carbocycles. The van der Waals surface area contributed by atoms with Crippen LogP contribution in [0.5, 0.6) is 5.75 Å². The first-order chi connectivity index (χ1) is 20.8. The Bertz CT molecular complexity index is 1370. The van der Waals surface area contributed by atoms with E-state index in [9.17, 15) is 19.5 Å². The van der Waals surface area contributed by atoms with Gasteiger partial charge in [0.05, 0.1) is 17.6 Å². The minimum absolute atomic E-state index is 0.0613. The van der Waals surface area contributed by atoms with Gasteiger partial charge in [-0.3, -0.25) is 9.79 Å². The number of nitrogens with zero attached hydrogens (tertiary/aromatic N) is 1. The molecule has 1 aliphatic rings. The van der Waals surface area contributed by atoms with Crippen LogP contribution < -0.4 is 16.0 Å². The smallest absolute Gasteiger partial charge is 0.338 e. The summed E-state index contributed by atoms with van der Waals surface area (Å²) in [4.78, 5) is 44.2. The summed E-state index contributed by atoms with van der Waals surface area (Å²) < 4.78 is 5.60. The molecule has 9 nitrogen and oxygen atoms in total. The van der Waals surface area contributed by atoms with Crippen molar-refractivity contribution in [3.63, 3.8) is 0 Å². The van der Waals surface area contributed by atoms with E-state index in [4.69, 9.17) is 9.73 Å². The molecule has 0 bridgehead atoms. The van der Waals surface area contributed by atoms with Gasteiger partial charge in [0.25, 0.3) is 0 Å². The van der Waals surface area contributed by atoms with Crippen LogP contribution in [0.4, 0.5) is 4.79 Å². The first-order valence-electron chi connectivity index (χ1n) is 15.9. The molecule has 246 valence electrons. The second-order valence-electron chi connectivity index (χ2n) is 15.1. The molecule has 0 spiro atoms. The van der Waals surface area contributed by atoms with E-state index < -0.39 is 34.5 Å². The van der Waals surface area contributed by atoms with Crippen molar-refractivity contribution in [3.8, 4) is 5.75 Å². The predicted octanol–water partition coefficient (Wildman–Crippen LogP) is 6.41. The second-order valence-corrected chi connectivity index (χ2v) is 15.1. The van der Waals surface area contributed by atoms with E-state index in [1.165, 1.54) is 0 Å². The zero-order chi connectivity index (χ0) is 33.6. The third kappa shape index (κ3) is 10.6. The Morgan fingerprint density at radius 3 is 2.22 bits per heavy atom. The fourth-order valence-electron chi connectivity index (χ4n) is 5.32. The first-order valence-corrected chi connectivity index (χ1v) is 15.9. The van der Waals surface area contributed by atoms with E-state index in [0.29, 0.717) is 23.2 Å². The average Bonchev–Trinajstić information content (AvgIpc) is 2.93. The Hall–Kier alpha value is -3.88. The van der Waals surface area contributed by atoms with Crippen molar-refractivity contribution in [1.29, 1.82) is 0 Å². The van der Waals surface area contributed by atoms with Crippen molar-refractivity contribution in [3.05, 3.63) is 64.7 Å². The highest BCUT2D eigenvalue weighted by atomic mass is 16.6. The number of nitrogens with one attached hydrogen (secondary N) is 3. The molecule has 4 N–H and O–H groups in total. The van der Waals surface area contributed by atoms with Crippen LogP contribution in [0.2, 0.25) is 0 Å². The molecule has 2 aromatic rings. The van der Waals surface area contributed by atoms with Crippen LogP contribution >= 0.6 is 0 Å². The topological polar surface area (TPSA) is 129 Å². The number of phenols is 1. The maximum atomic E-state index is 13.3. The van der Waals surface area contributed by atoms with Gasteiger partial charge in [-0.05, 0) is 62.1 Å². The van der Waals surface area contributed by atoms with E-state index >= 15 is 0 Å². The number of hydrogen-bond donors (Lipinski definition) is 4. The van der Waals surface area contributed by atoms with Crippen LogP contribution in [0.15, 0.2) is 47.5 Å². The average molecular weight is 621 g/mol. The van der Waals surface area contributed by atoms with Crippen LogP contribution in [0.25, 0.3) is 0 Å². The Labute approximate surface area is 268 Å². The number of amides is 3. The number of esters is 1. The number of urea groups is 1. The molecular formula is C36H52N4O5. The fourth-order valence-corrected chi connectivity index (χ4v) is 5.32. The molecular weight excluding hydrogens is 568 g/mol. The lowest BCUT2D eigenvalue weighted by atomic mass is 9.84. The van der Waals surface area contributed by atoms with Gasteiger partial charge in [-0.25, -0.2) is 9.59 Å². The third-order valence-corrected chi connectivity index (χ3v) is 7.75. The van der Waals surface area contributed by atoms with Gasteiger partial charge >= 0.3 is 12.0 Å². The predicted molar refractivity (Wildman–Crippen MR) is 179 cm³/mol. The van der Waals surface area contributed by atoms with E-state index in [-0.39, 0.29) is 23.7 Å². The highest BCUT2D eigenvalue weighted by Crippen LogP contribution is 2.35. The Morgan fingerprint density at radius 1 is 0.978 bits per heavy atom. The van der Waals surface area contributed by atoms with Crippen molar-refractivity contribution < 1.29 is 24.2 Å². The van der Waals surface area contributed by atoms with Crippen molar-refractivity contribution in [1.82, 2.24) is 16.0 Å². The number of ether oxygens (including phenoxy) is 1. The first kappa shape index (κ1) is 35.6. The van der Waals surface area contributed by atoms with Crippen molar-refractivity contribution in [2.45, 2.75) is 124 Å². The van der Waals surface area contributed by atoms with Crippen LogP contribution in [-0.2, 0) is 21.5 Å². The van der Waals surface area contributed by atoms with Crippen LogP contribution in [0, 0.1) is 5.41 Å². The molecule has 0 saturated heterocycles. The van der Waals surface area contributed by atoms with Gasteiger partial charge in [-0.2, -0.15) is 0 Å². The summed E-state index contributed by atoms with van der Waals surface area (Å²) in [5.74, 6) is -0.668. The van der Waals surface area contributed by atoms with Crippen LogP contribution in [0.3, 0.4) is 0 Å². The minimum Gasteiger partial charge on any atom is -0.507 e. The molecule has 0 unspecified atom stereocenters. The third-order valence-electron chi connectivity index (χ3n) is 7.75. The van der Waals surface area contributed by atoms with Gasteiger partial charge in [0, 0.05) is 23.9 Å². The lowest BCUT2D eigenvalue weighted by Crippen LogP contribution is -2.58. The molecule has 0 aromatic heterocycles. The lowest BCUT2D eigenvalue weighted by molar-refractivity contribution is -0.125. The van der Waals surface area contributed by atoms with E-state index in [2.05, 4.69) is 16.0 Å². The van der Waals surface area contributed by atoms with Gasteiger partial charge in [0.15, 0.2) is 0 Å². The molecule has 3 amide bonds. The van der Waals surface area contributed by atoms with Gasteiger partial charge in [-0.15, -0.1) is 0 Å². The molecule has 0 radical (unpaired) electrons. The monoisotopic (exact) mass is 620 g/mol. The summed E-state index contributed by atoms with van der Waals surface area (Å²) in [5.41, 5.74) is 0.719. The zero-order valence-corrected chi connectivity index (χ0v) is 28.4. The van der Waals surface area contributed by atoms with Crippen LogP contribution in [0.1, 0.15) is 115 Å². The Morgan fingerprint density at radius 2 is 1.62 bits per heavy atom. The molecule has 0 heterocycles. The number of hydrogen-bond acceptors (Lipinski definition) is 6. The fraction of sp³-hybridized carbons (Fsp3) is 0.556. The molecule has 45 heavy (non-hydrogen) atoms. The van der Waals surface area contributed by atoms with Crippen LogP contribution in [-0.4, -0.2) is 53.0 Å². The summed E-state index contributed by atoms with van der Waals surface area (Å²) in [6, 6.07) is 11.2. The number of benzene rings is 2. The molecule has 3 atom stereocenters. The normalized spacial score (nSPS) is 18.2. The number of rotatable bonds is 8. The number of carbonyl (C=O) groups is 3. The summed E-state index contributed by atoms with van der Waals surface area (Å²) in [6.07, 6.45) is 4.96. The molecule has 9 heteroatoms. The van der Waals surface area contributed by atoms with E-state index in [1.54, 1.807) is 18.3 Å². The van der Waals surface area contributed by atoms with Gasteiger partial charge in [-0.1, -0.05) is 84.7 Å². The highest BCUT2D eigenvalue weighted by molar-refractivity contribution is 5.95. The summed E-state index contributed by atoms with van der Waals surface area (Å²) in [5, 5.41) is 20.1. The molecule has 1 aliphatic carbocycles. The molecule has 0 aliphatic heterocycles. The summed E-state index contributed by atoms with van der Waals surface area (Å²) >= 11 is 0. The van der Waals surface area contributed by atoms with Crippen molar-refractivity contribution in [2.24, 2.45) is 10.4 Å². The molecule has 1 saturated carbocycles. The number of aromatic hydroxyl groups is 1. The van der Waals surface area contributed by atoms with Gasteiger partial charge in [0.1, 0.15) is 17.4 Å². The highest BCUT2D eigenvalue weighted by Gasteiger charge is 2.34. The quantitative estimate of drug-likeness (QED) is 0.200.